The van der Waals surface area contributed by atoms with E-state index in [0.717, 1.165) is 14.7 Å². The highest BCUT2D eigenvalue weighted by Gasteiger charge is 2.42. The van der Waals surface area contributed by atoms with Gasteiger partial charge < -0.3 is 76.4 Å². The zero-order chi connectivity index (χ0) is 39.1. The summed E-state index contributed by atoms with van der Waals surface area (Å²) < 4.78 is 0.377. The number of benzene rings is 1. The second-order valence-corrected chi connectivity index (χ2v) is 15.0. The molecule has 1 aromatic rings. The maximum Gasteiger partial charge on any atom is 0.263 e. The summed E-state index contributed by atoms with van der Waals surface area (Å²) in [6.45, 7) is -7.31. The van der Waals surface area contributed by atoms with Crippen molar-refractivity contribution >= 4 is 91.2 Å². The van der Waals surface area contributed by atoms with Crippen molar-refractivity contribution in [1.29, 1.82) is 0 Å². The molecule has 3 amide bonds. The fourth-order valence-corrected chi connectivity index (χ4v) is 9.67. The summed E-state index contributed by atoms with van der Waals surface area (Å²) in [6.07, 6.45) is -19.4. The molecule has 0 fully saturated rings. The van der Waals surface area contributed by atoms with Gasteiger partial charge in [0, 0.05) is 16.7 Å². The van der Waals surface area contributed by atoms with Crippen molar-refractivity contribution in [3.05, 3.63) is 21.8 Å². The standard InChI is InChI=1S/C28H42I3N3O17/c29-19-17-20(30)22(21(31)18(19)28(51)34(27(17)50)2-11(40)7-36)33(1-10(39)6-35)16(45)5-32(3-12(41)23(46)25(48)14(43)8-37)4-13(42)24(47)26(49)15(44)9-38/h10-15,23-26,35-44,46-49H,1-9H2. The monoisotopic (exact) mass is 1070 g/mol. The highest BCUT2D eigenvalue weighted by atomic mass is 127. The molecule has 0 aromatic heterocycles. The Balaban J connectivity index is 2.63. The first kappa shape index (κ1) is 46.6. The smallest absolute Gasteiger partial charge is 0.263 e. The first-order valence-corrected chi connectivity index (χ1v) is 18.4. The third-order valence-corrected chi connectivity index (χ3v) is 11.1. The number of aliphatic hydroxyl groups excluding tert-OH is 14. The molecule has 14 N–H and O–H groups in total. The molecule has 2 bridgehead atoms. The van der Waals surface area contributed by atoms with Gasteiger partial charge in [0.25, 0.3) is 11.8 Å². The number of rotatable bonds is 21. The van der Waals surface area contributed by atoms with E-state index >= 15 is 0 Å². The number of halogens is 3. The number of carbonyl (C=O) groups excluding carboxylic acids is 3. The summed E-state index contributed by atoms with van der Waals surface area (Å²) in [5, 5.41) is 140. The van der Waals surface area contributed by atoms with Gasteiger partial charge in [-0.1, -0.05) is 0 Å². The predicted octanol–water partition coefficient (Wildman–Crippen LogP) is -6.69. The summed E-state index contributed by atoms with van der Waals surface area (Å²) in [4.78, 5) is 43.7. The average molecular weight is 1070 g/mol. The molecule has 0 saturated carbocycles. The maximum absolute atomic E-state index is 14.1. The Labute approximate surface area is 331 Å². The molecule has 0 spiro atoms. The lowest BCUT2D eigenvalue weighted by atomic mass is 10.0. The van der Waals surface area contributed by atoms with Crippen LogP contribution in [0.5, 0.6) is 0 Å². The Hall–Kier alpha value is -0.580. The summed E-state index contributed by atoms with van der Waals surface area (Å²) in [5.74, 6) is -2.73. The normalized spacial score (nSPS) is 19.3. The van der Waals surface area contributed by atoms with Crippen LogP contribution in [0.2, 0.25) is 0 Å². The molecular formula is C28H42I3N3O17. The van der Waals surface area contributed by atoms with E-state index in [0.29, 0.717) is 0 Å². The van der Waals surface area contributed by atoms with Crippen molar-refractivity contribution in [1.82, 2.24) is 9.80 Å². The third kappa shape index (κ3) is 11.2. The van der Waals surface area contributed by atoms with Crippen LogP contribution in [0, 0.1) is 10.7 Å². The van der Waals surface area contributed by atoms with Crippen molar-refractivity contribution in [3.8, 4) is 0 Å². The van der Waals surface area contributed by atoms with E-state index < -0.39 is 138 Å². The molecule has 23 heteroatoms. The van der Waals surface area contributed by atoms with Crippen LogP contribution in [0.3, 0.4) is 0 Å². The van der Waals surface area contributed by atoms with Gasteiger partial charge in [0.15, 0.2) is 0 Å². The summed E-state index contributed by atoms with van der Waals surface area (Å²) in [6, 6.07) is 0. The zero-order valence-electron chi connectivity index (χ0n) is 26.6. The van der Waals surface area contributed by atoms with Crippen LogP contribution in [0.4, 0.5) is 5.69 Å². The highest BCUT2D eigenvalue weighted by Crippen LogP contribution is 2.41. The molecular weight excluding hydrogens is 1030 g/mol. The average Bonchev–Trinajstić information content (AvgIpc) is 3.09. The lowest BCUT2D eigenvalue weighted by molar-refractivity contribution is -0.134. The van der Waals surface area contributed by atoms with Crippen LogP contribution in [0.15, 0.2) is 0 Å². The van der Waals surface area contributed by atoms with Gasteiger partial charge in [0.05, 0.1) is 94.4 Å². The first-order valence-electron chi connectivity index (χ1n) is 15.1. The van der Waals surface area contributed by atoms with E-state index in [1.54, 1.807) is 67.8 Å². The van der Waals surface area contributed by atoms with Crippen molar-refractivity contribution in [3.63, 3.8) is 0 Å². The Morgan fingerprint density at radius 3 is 1.33 bits per heavy atom. The highest BCUT2D eigenvalue weighted by molar-refractivity contribution is 14.1. The molecule has 1 aromatic carbocycles. The van der Waals surface area contributed by atoms with Crippen LogP contribution < -0.4 is 4.90 Å². The fourth-order valence-electron chi connectivity index (χ4n) is 5.00. The molecule has 0 saturated heterocycles. The molecule has 51 heavy (non-hydrogen) atoms. The topological polar surface area (TPSA) is 344 Å². The Morgan fingerprint density at radius 2 is 0.961 bits per heavy atom. The SMILES string of the molecule is O=C1c2c(I)c(c(I)c(N(CC(O)CO)C(=O)CN(CC(O)C(O)C(O)C(O)CO)CC(O)C(O)C(O)C(O)CO)c2I)C(=O)N1CC(O)CO. The summed E-state index contributed by atoms with van der Waals surface area (Å²) >= 11 is 5.22. The molecule has 1 aliphatic heterocycles. The van der Waals surface area contributed by atoms with Crippen molar-refractivity contribution in [2.24, 2.45) is 0 Å². The molecule has 2 rings (SSSR count). The first-order chi connectivity index (χ1) is 23.8. The number of anilines is 1. The van der Waals surface area contributed by atoms with Gasteiger partial charge in [-0.15, -0.1) is 0 Å². The molecule has 292 valence electrons. The minimum Gasteiger partial charge on any atom is -0.394 e. The number of β-amino-alcohol motifs (C(OH)–C–C–N with tert-alkyl or cyclic N) is 1. The number of imide groups is 1. The molecule has 10 atom stereocenters. The second-order valence-electron chi connectivity index (χ2n) is 11.7. The number of fused-ring (bicyclic) bond motifs is 2. The minimum atomic E-state index is -2.15. The van der Waals surface area contributed by atoms with E-state index in [-0.39, 0.29) is 27.5 Å². The lowest BCUT2D eigenvalue weighted by Gasteiger charge is -2.36. The Bertz CT molecular complexity index is 1290. The van der Waals surface area contributed by atoms with Crippen LogP contribution in [-0.2, 0) is 4.79 Å². The van der Waals surface area contributed by atoms with E-state index in [1.807, 2.05) is 0 Å². The quantitative estimate of drug-likeness (QED) is 0.0402. The summed E-state index contributed by atoms with van der Waals surface area (Å²) in [7, 11) is 0. The maximum atomic E-state index is 14.1. The molecule has 20 nitrogen and oxygen atoms in total. The second kappa shape index (κ2) is 20.9. The number of nitrogens with zero attached hydrogens (tertiary/aromatic N) is 3. The summed E-state index contributed by atoms with van der Waals surface area (Å²) in [5.41, 5.74) is -0.207. The van der Waals surface area contributed by atoms with Crippen molar-refractivity contribution in [2.75, 3.05) is 64.1 Å². The Morgan fingerprint density at radius 1 is 0.569 bits per heavy atom. The van der Waals surface area contributed by atoms with Crippen LogP contribution in [0.25, 0.3) is 0 Å². The zero-order valence-corrected chi connectivity index (χ0v) is 33.1. The van der Waals surface area contributed by atoms with Crippen LogP contribution >= 0.6 is 67.8 Å². The number of carbonyl (C=O) groups is 3. The number of aliphatic hydroxyl groups is 14. The molecule has 0 radical (unpaired) electrons. The van der Waals surface area contributed by atoms with Gasteiger partial charge in [0.1, 0.15) is 36.6 Å². The van der Waals surface area contributed by atoms with Gasteiger partial charge in [-0.25, -0.2) is 0 Å². The van der Waals surface area contributed by atoms with E-state index in [4.69, 9.17) is 10.2 Å². The number of hydrogen-bond acceptors (Lipinski definition) is 18. The third-order valence-electron chi connectivity index (χ3n) is 7.89. The largest absolute Gasteiger partial charge is 0.394 e. The Kier molecular flexibility index (Phi) is 19.1. The lowest BCUT2D eigenvalue weighted by Crippen LogP contribution is -2.55. The van der Waals surface area contributed by atoms with Crippen LogP contribution in [-0.4, -0.2) is 219 Å². The molecule has 1 aliphatic rings. The van der Waals surface area contributed by atoms with Gasteiger partial charge >= 0.3 is 0 Å². The van der Waals surface area contributed by atoms with Gasteiger partial charge in [-0.2, -0.15) is 0 Å². The molecule has 1 heterocycles. The van der Waals surface area contributed by atoms with Gasteiger partial charge in [0.2, 0.25) is 5.91 Å². The number of hydrogen-bond donors (Lipinski definition) is 14. The van der Waals surface area contributed by atoms with E-state index in [9.17, 15) is 75.7 Å². The fraction of sp³-hybridized carbons (Fsp3) is 0.679. The van der Waals surface area contributed by atoms with Gasteiger partial charge in [-0.3, -0.25) is 24.2 Å². The molecule has 10 unspecified atom stereocenters. The van der Waals surface area contributed by atoms with Crippen molar-refractivity contribution < 1.29 is 85.9 Å². The van der Waals surface area contributed by atoms with E-state index in [1.165, 1.54) is 0 Å². The minimum absolute atomic E-state index is 0.0653. The molecule has 0 aliphatic carbocycles. The van der Waals surface area contributed by atoms with Crippen molar-refractivity contribution in [2.45, 2.75) is 61.0 Å². The number of amides is 3. The van der Waals surface area contributed by atoms with Gasteiger partial charge in [-0.05, 0) is 67.8 Å². The van der Waals surface area contributed by atoms with E-state index in [2.05, 4.69) is 0 Å². The predicted molar refractivity (Wildman–Crippen MR) is 197 cm³/mol. The van der Waals surface area contributed by atoms with Crippen LogP contribution in [0.1, 0.15) is 20.7 Å².